The molecule has 110 valence electrons. The minimum Gasteiger partial charge on any atom is -0.341 e. The first-order valence-electron chi connectivity index (χ1n) is 7.49. The molecule has 1 amide bonds. The predicted molar refractivity (Wildman–Crippen MR) is 80.3 cm³/mol. The maximum absolute atomic E-state index is 12.4. The molecule has 0 aromatic carbocycles. The van der Waals surface area contributed by atoms with E-state index in [1.807, 2.05) is 18.4 Å². The molecule has 2 heterocycles. The summed E-state index contributed by atoms with van der Waals surface area (Å²) >= 11 is 1.63. The normalized spacial score (nSPS) is 19.5. The summed E-state index contributed by atoms with van der Waals surface area (Å²) in [5.74, 6) is 1.02. The Kier molecular flexibility index (Phi) is 3.06. The van der Waals surface area contributed by atoms with Gasteiger partial charge in [-0.25, -0.2) is 4.98 Å². The van der Waals surface area contributed by atoms with Crippen molar-refractivity contribution in [2.45, 2.75) is 44.6 Å². The van der Waals surface area contributed by atoms with E-state index in [0.717, 1.165) is 29.2 Å². The van der Waals surface area contributed by atoms with Crippen molar-refractivity contribution in [3.05, 3.63) is 33.5 Å². The van der Waals surface area contributed by atoms with Crippen molar-refractivity contribution in [2.24, 2.45) is 5.92 Å². The van der Waals surface area contributed by atoms with Gasteiger partial charge in [-0.2, -0.15) is 5.10 Å². The summed E-state index contributed by atoms with van der Waals surface area (Å²) in [6.45, 7) is 1.99. The maximum Gasteiger partial charge on any atom is 0.272 e. The van der Waals surface area contributed by atoms with E-state index >= 15 is 0 Å². The van der Waals surface area contributed by atoms with Crippen LogP contribution in [0, 0.1) is 12.8 Å². The number of carbonyl (C=O) groups is 1. The van der Waals surface area contributed by atoms with Crippen molar-refractivity contribution >= 4 is 17.2 Å². The van der Waals surface area contributed by atoms with Crippen LogP contribution in [0.15, 0.2) is 11.4 Å². The van der Waals surface area contributed by atoms with Gasteiger partial charge in [-0.15, -0.1) is 11.3 Å². The second-order valence-corrected chi connectivity index (χ2v) is 6.99. The van der Waals surface area contributed by atoms with Crippen LogP contribution in [-0.2, 0) is 0 Å². The zero-order chi connectivity index (χ0) is 14.4. The van der Waals surface area contributed by atoms with Gasteiger partial charge in [-0.1, -0.05) is 0 Å². The average Bonchev–Trinajstić information content (AvgIpc) is 3.40. The number of carbonyl (C=O) groups excluding carboxylic acids is 1. The SMILES string of the molecule is Cc1csc([C@H](NC(=O)c2cc(C3CC3)[nH]n2)C2CC2)n1. The van der Waals surface area contributed by atoms with Crippen LogP contribution in [0.1, 0.15) is 64.5 Å². The van der Waals surface area contributed by atoms with Crippen LogP contribution in [0.2, 0.25) is 0 Å². The molecule has 2 aromatic rings. The molecule has 4 rings (SSSR count). The first kappa shape index (κ1) is 13.0. The van der Waals surface area contributed by atoms with E-state index in [0.29, 0.717) is 17.5 Å². The molecule has 0 bridgehead atoms. The van der Waals surface area contributed by atoms with Crippen LogP contribution in [0.3, 0.4) is 0 Å². The van der Waals surface area contributed by atoms with E-state index in [9.17, 15) is 4.79 Å². The molecule has 2 aliphatic rings. The highest BCUT2D eigenvalue weighted by atomic mass is 32.1. The van der Waals surface area contributed by atoms with E-state index in [1.165, 1.54) is 12.8 Å². The van der Waals surface area contributed by atoms with Gasteiger partial charge in [-0.3, -0.25) is 9.89 Å². The van der Waals surface area contributed by atoms with E-state index in [2.05, 4.69) is 20.5 Å². The summed E-state index contributed by atoms with van der Waals surface area (Å²) in [4.78, 5) is 16.9. The Bertz CT molecular complexity index is 669. The lowest BCUT2D eigenvalue weighted by Gasteiger charge is -2.14. The maximum atomic E-state index is 12.4. The number of aryl methyl sites for hydroxylation is 1. The molecule has 5 nitrogen and oxygen atoms in total. The molecule has 21 heavy (non-hydrogen) atoms. The van der Waals surface area contributed by atoms with Crippen molar-refractivity contribution in [2.75, 3.05) is 0 Å². The summed E-state index contributed by atoms with van der Waals surface area (Å²) in [7, 11) is 0. The average molecular weight is 302 g/mol. The second-order valence-electron chi connectivity index (χ2n) is 6.10. The van der Waals surface area contributed by atoms with Gasteiger partial charge in [0.15, 0.2) is 0 Å². The van der Waals surface area contributed by atoms with Gasteiger partial charge < -0.3 is 5.32 Å². The lowest BCUT2D eigenvalue weighted by molar-refractivity contribution is 0.0926. The molecule has 2 N–H and O–H groups in total. The van der Waals surface area contributed by atoms with Crippen LogP contribution < -0.4 is 5.32 Å². The molecule has 2 aliphatic carbocycles. The molecule has 0 radical (unpaired) electrons. The number of rotatable bonds is 5. The van der Waals surface area contributed by atoms with Gasteiger partial charge >= 0.3 is 0 Å². The van der Waals surface area contributed by atoms with Gasteiger partial charge in [0.1, 0.15) is 10.7 Å². The summed E-state index contributed by atoms with van der Waals surface area (Å²) in [6.07, 6.45) is 4.73. The lowest BCUT2D eigenvalue weighted by Crippen LogP contribution is -2.30. The lowest BCUT2D eigenvalue weighted by atomic mass is 10.2. The fourth-order valence-electron chi connectivity index (χ4n) is 2.60. The summed E-state index contributed by atoms with van der Waals surface area (Å²) in [5, 5.41) is 13.3. The highest BCUT2D eigenvalue weighted by Gasteiger charge is 2.36. The standard InChI is InChI=1S/C15H18N4OS/c1-8-7-21-15(16-8)13(10-4-5-10)17-14(20)12-6-11(18-19-12)9-2-3-9/h6-7,9-10,13H,2-5H2,1H3,(H,17,20)(H,18,19)/t13-/m1/s1. The van der Waals surface area contributed by atoms with Crippen LogP contribution >= 0.6 is 11.3 Å². The van der Waals surface area contributed by atoms with Gasteiger partial charge in [0, 0.05) is 22.7 Å². The molecule has 2 aromatic heterocycles. The first-order chi connectivity index (χ1) is 10.2. The van der Waals surface area contributed by atoms with Gasteiger partial charge in [0.2, 0.25) is 0 Å². The highest BCUT2D eigenvalue weighted by Crippen LogP contribution is 2.42. The van der Waals surface area contributed by atoms with Gasteiger partial charge in [-0.05, 0) is 44.6 Å². The molecule has 0 unspecified atom stereocenters. The van der Waals surface area contributed by atoms with Crippen LogP contribution in [0.25, 0.3) is 0 Å². The van der Waals surface area contributed by atoms with Gasteiger partial charge in [0.05, 0.1) is 6.04 Å². The Morgan fingerprint density at radius 3 is 2.86 bits per heavy atom. The summed E-state index contributed by atoms with van der Waals surface area (Å²) < 4.78 is 0. The van der Waals surface area contributed by atoms with Crippen LogP contribution in [-0.4, -0.2) is 21.1 Å². The Hall–Kier alpha value is -1.69. The third kappa shape index (κ3) is 2.72. The molecule has 6 heteroatoms. The number of amides is 1. The van der Waals surface area contributed by atoms with E-state index in [1.54, 1.807) is 11.3 Å². The smallest absolute Gasteiger partial charge is 0.272 e. The number of hydrogen-bond acceptors (Lipinski definition) is 4. The van der Waals surface area contributed by atoms with Crippen molar-refractivity contribution < 1.29 is 4.79 Å². The molecule has 2 fully saturated rings. The number of H-pyrrole nitrogens is 1. The molecule has 0 spiro atoms. The van der Waals surface area contributed by atoms with E-state index in [-0.39, 0.29) is 11.9 Å². The number of nitrogens with zero attached hydrogens (tertiary/aromatic N) is 2. The number of nitrogens with one attached hydrogen (secondary N) is 2. The van der Waals surface area contributed by atoms with Crippen LogP contribution in [0.5, 0.6) is 0 Å². The number of aromatic nitrogens is 3. The molecule has 1 atom stereocenters. The molecule has 0 aliphatic heterocycles. The van der Waals surface area contributed by atoms with Crippen molar-refractivity contribution in [3.63, 3.8) is 0 Å². The highest BCUT2D eigenvalue weighted by molar-refractivity contribution is 7.09. The molecule has 2 saturated carbocycles. The van der Waals surface area contributed by atoms with E-state index < -0.39 is 0 Å². The number of aromatic amines is 1. The third-order valence-electron chi connectivity index (χ3n) is 4.13. The Balaban J connectivity index is 1.50. The topological polar surface area (TPSA) is 70.7 Å². The monoisotopic (exact) mass is 302 g/mol. The third-order valence-corrected chi connectivity index (χ3v) is 5.18. The summed E-state index contributed by atoms with van der Waals surface area (Å²) in [5.41, 5.74) is 2.61. The molecular weight excluding hydrogens is 284 g/mol. The summed E-state index contributed by atoms with van der Waals surface area (Å²) in [6, 6.07) is 1.93. The van der Waals surface area contributed by atoms with E-state index in [4.69, 9.17) is 0 Å². The quantitative estimate of drug-likeness (QED) is 0.892. The predicted octanol–water partition coefficient (Wildman–Crippen LogP) is 2.93. The zero-order valence-corrected chi connectivity index (χ0v) is 12.7. The largest absolute Gasteiger partial charge is 0.341 e. The Morgan fingerprint density at radius 1 is 1.43 bits per heavy atom. The van der Waals surface area contributed by atoms with Crippen molar-refractivity contribution in [1.82, 2.24) is 20.5 Å². The zero-order valence-electron chi connectivity index (χ0n) is 11.9. The molecular formula is C15H18N4OS. The minimum absolute atomic E-state index is 0.0391. The van der Waals surface area contributed by atoms with Crippen LogP contribution in [0.4, 0.5) is 0 Å². The number of hydrogen-bond donors (Lipinski definition) is 2. The second kappa shape index (κ2) is 4.94. The first-order valence-corrected chi connectivity index (χ1v) is 8.37. The van der Waals surface area contributed by atoms with Crippen molar-refractivity contribution in [3.8, 4) is 0 Å². The fraction of sp³-hybridized carbons (Fsp3) is 0.533. The Morgan fingerprint density at radius 2 is 2.24 bits per heavy atom. The molecule has 0 saturated heterocycles. The fourth-order valence-corrected chi connectivity index (χ4v) is 3.54. The Labute approximate surface area is 127 Å². The van der Waals surface area contributed by atoms with Crippen molar-refractivity contribution in [1.29, 1.82) is 0 Å². The minimum atomic E-state index is -0.0945. The number of thiazole rings is 1. The van der Waals surface area contributed by atoms with Gasteiger partial charge in [0.25, 0.3) is 5.91 Å².